The molecule has 0 atom stereocenters. The molecule has 7 nitrogen and oxygen atoms in total. The van der Waals surface area contributed by atoms with Gasteiger partial charge < -0.3 is 0 Å². The molecule has 0 aromatic carbocycles. The highest BCUT2D eigenvalue weighted by molar-refractivity contribution is 7.88. The third kappa shape index (κ3) is 4.34. The van der Waals surface area contributed by atoms with E-state index < -0.39 is 10.0 Å². The normalized spacial score (nSPS) is 17.5. The molecule has 24 heavy (non-hydrogen) atoms. The van der Waals surface area contributed by atoms with E-state index in [0.29, 0.717) is 18.9 Å². The van der Waals surface area contributed by atoms with E-state index in [9.17, 15) is 8.42 Å². The Morgan fingerprint density at radius 2 is 1.83 bits per heavy atom. The van der Waals surface area contributed by atoms with E-state index in [1.165, 1.54) is 6.26 Å². The highest BCUT2D eigenvalue weighted by Gasteiger charge is 2.21. The van der Waals surface area contributed by atoms with Gasteiger partial charge in [0.1, 0.15) is 5.69 Å². The van der Waals surface area contributed by atoms with E-state index >= 15 is 0 Å². The Morgan fingerprint density at radius 1 is 1.04 bits per heavy atom. The van der Waals surface area contributed by atoms with Crippen LogP contribution in [0.15, 0.2) is 36.8 Å². The zero-order valence-corrected chi connectivity index (χ0v) is 14.5. The summed E-state index contributed by atoms with van der Waals surface area (Å²) in [4.78, 5) is 15.3. The molecule has 0 radical (unpaired) electrons. The van der Waals surface area contributed by atoms with Gasteiger partial charge in [-0.25, -0.2) is 22.7 Å². The van der Waals surface area contributed by atoms with Crippen LogP contribution in [-0.4, -0.2) is 65.0 Å². The van der Waals surface area contributed by atoms with Crippen LogP contribution in [0, 0.1) is 0 Å². The van der Waals surface area contributed by atoms with Crippen LogP contribution in [0.1, 0.15) is 12.0 Å². The van der Waals surface area contributed by atoms with E-state index in [1.807, 2.05) is 30.6 Å². The van der Waals surface area contributed by atoms with Gasteiger partial charge in [-0.15, -0.1) is 0 Å². The van der Waals surface area contributed by atoms with Gasteiger partial charge in [-0.05, 0) is 25.1 Å². The van der Waals surface area contributed by atoms with Gasteiger partial charge >= 0.3 is 0 Å². The predicted molar refractivity (Wildman–Crippen MR) is 91.6 cm³/mol. The standard InChI is InChI=1S/C16H21N5O2S/c1-24(22,23)21-8-4-7-20(9-10-21)13-14-11-18-16(19-12-14)15-5-2-3-6-17-15/h2-3,5-6,11-12H,4,7-10,13H2,1H3. The van der Waals surface area contributed by atoms with E-state index in [-0.39, 0.29) is 0 Å². The van der Waals surface area contributed by atoms with Gasteiger partial charge in [0.05, 0.1) is 6.26 Å². The fraction of sp³-hybridized carbons (Fsp3) is 0.438. The number of sulfonamides is 1. The molecule has 1 saturated heterocycles. The highest BCUT2D eigenvalue weighted by Crippen LogP contribution is 2.13. The van der Waals surface area contributed by atoms with E-state index in [1.54, 1.807) is 10.5 Å². The Labute approximate surface area is 142 Å². The third-order valence-electron chi connectivity index (χ3n) is 4.02. The van der Waals surface area contributed by atoms with Gasteiger partial charge in [0.15, 0.2) is 5.82 Å². The Balaban J connectivity index is 1.62. The van der Waals surface area contributed by atoms with Gasteiger partial charge in [0.25, 0.3) is 0 Å². The van der Waals surface area contributed by atoms with Crippen molar-refractivity contribution in [3.8, 4) is 11.5 Å². The second-order valence-corrected chi connectivity index (χ2v) is 7.90. The van der Waals surface area contributed by atoms with Crippen molar-refractivity contribution in [1.82, 2.24) is 24.2 Å². The largest absolute Gasteiger partial charge is 0.298 e. The van der Waals surface area contributed by atoms with Crippen molar-refractivity contribution in [3.63, 3.8) is 0 Å². The molecule has 3 heterocycles. The molecule has 0 aliphatic carbocycles. The third-order valence-corrected chi connectivity index (χ3v) is 5.33. The van der Waals surface area contributed by atoms with Crippen LogP contribution in [0.3, 0.4) is 0 Å². The topological polar surface area (TPSA) is 79.3 Å². The maximum absolute atomic E-state index is 11.7. The molecule has 0 spiro atoms. The average molecular weight is 347 g/mol. The number of hydrogen-bond donors (Lipinski definition) is 0. The molecule has 0 saturated carbocycles. The van der Waals surface area contributed by atoms with Crippen molar-refractivity contribution in [2.75, 3.05) is 32.4 Å². The Bertz CT molecular complexity index is 765. The van der Waals surface area contributed by atoms with Crippen LogP contribution < -0.4 is 0 Å². The second-order valence-electron chi connectivity index (χ2n) is 5.92. The molecule has 0 bridgehead atoms. The lowest BCUT2D eigenvalue weighted by Gasteiger charge is -2.20. The number of pyridine rings is 1. The number of aromatic nitrogens is 3. The fourth-order valence-corrected chi connectivity index (χ4v) is 3.63. The SMILES string of the molecule is CS(=O)(=O)N1CCCN(Cc2cnc(-c3ccccn3)nc2)CC1. The minimum atomic E-state index is -3.11. The lowest BCUT2D eigenvalue weighted by Crippen LogP contribution is -2.34. The van der Waals surface area contributed by atoms with Gasteiger partial charge in [-0.1, -0.05) is 6.07 Å². The Hall–Kier alpha value is -1.90. The summed E-state index contributed by atoms with van der Waals surface area (Å²) in [7, 11) is -3.11. The summed E-state index contributed by atoms with van der Waals surface area (Å²) in [5.74, 6) is 0.610. The molecular weight excluding hydrogens is 326 g/mol. The Morgan fingerprint density at radius 3 is 2.50 bits per heavy atom. The summed E-state index contributed by atoms with van der Waals surface area (Å²) in [6.45, 7) is 3.43. The average Bonchev–Trinajstić information content (AvgIpc) is 2.82. The van der Waals surface area contributed by atoms with Crippen molar-refractivity contribution >= 4 is 10.0 Å². The second kappa shape index (κ2) is 7.33. The molecule has 1 aliphatic heterocycles. The summed E-state index contributed by atoms with van der Waals surface area (Å²) >= 11 is 0. The molecule has 2 aromatic heterocycles. The van der Waals surface area contributed by atoms with Gasteiger partial charge in [-0.2, -0.15) is 0 Å². The van der Waals surface area contributed by atoms with Crippen molar-refractivity contribution in [2.45, 2.75) is 13.0 Å². The molecule has 3 rings (SSSR count). The maximum atomic E-state index is 11.7. The minimum Gasteiger partial charge on any atom is -0.298 e. The first kappa shape index (κ1) is 16.9. The van der Waals surface area contributed by atoms with Gasteiger partial charge in [0.2, 0.25) is 10.0 Å². The molecule has 0 amide bonds. The van der Waals surface area contributed by atoms with Crippen molar-refractivity contribution in [3.05, 3.63) is 42.4 Å². The van der Waals surface area contributed by atoms with Crippen LogP contribution in [0.25, 0.3) is 11.5 Å². The Kier molecular flexibility index (Phi) is 5.17. The van der Waals surface area contributed by atoms with Crippen LogP contribution in [0.4, 0.5) is 0 Å². The number of rotatable bonds is 4. The smallest absolute Gasteiger partial charge is 0.211 e. The summed E-state index contributed by atoms with van der Waals surface area (Å²) in [5, 5.41) is 0. The fourth-order valence-electron chi connectivity index (χ4n) is 2.76. The first-order chi connectivity index (χ1) is 11.5. The monoisotopic (exact) mass is 347 g/mol. The molecule has 0 unspecified atom stereocenters. The van der Waals surface area contributed by atoms with Crippen molar-refractivity contribution in [1.29, 1.82) is 0 Å². The van der Waals surface area contributed by atoms with Crippen LogP contribution >= 0.6 is 0 Å². The molecule has 8 heteroatoms. The zero-order valence-electron chi connectivity index (χ0n) is 13.7. The molecule has 2 aromatic rings. The molecule has 1 fully saturated rings. The summed E-state index contributed by atoms with van der Waals surface area (Å²) in [6, 6.07) is 5.64. The predicted octanol–water partition coefficient (Wildman–Crippen LogP) is 1.01. The van der Waals surface area contributed by atoms with Crippen molar-refractivity contribution < 1.29 is 8.42 Å². The molecular formula is C16H21N5O2S. The van der Waals surface area contributed by atoms with E-state index in [0.717, 1.165) is 37.3 Å². The number of nitrogens with zero attached hydrogens (tertiary/aromatic N) is 5. The van der Waals surface area contributed by atoms with E-state index in [4.69, 9.17) is 0 Å². The lowest BCUT2D eigenvalue weighted by atomic mass is 10.3. The zero-order chi connectivity index (χ0) is 17.0. The maximum Gasteiger partial charge on any atom is 0.211 e. The lowest BCUT2D eigenvalue weighted by molar-refractivity contribution is 0.278. The molecule has 0 N–H and O–H groups in total. The van der Waals surface area contributed by atoms with Crippen molar-refractivity contribution in [2.24, 2.45) is 0 Å². The summed E-state index contributed by atoms with van der Waals surface area (Å²) < 4.78 is 24.9. The molecule has 1 aliphatic rings. The van der Waals surface area contributed by atoms with E-state index in [2.05, 4.69) is 19.9 Å². The molecule has 128 valence electrons. The summed E-state index contributed by atoms with van der Waals surface area (Å²) in [6.07, 6.45) is 7.45. The van der Waals surface area contributed by atoms with Gasteiger partial charge in [0, 0.05) is 50.3 Å². The van der Waals surface area contributed by atoms with Crippen LogP contribution in [0.2, 0.25) is 0 Å². The van der Waals surface area contributed by atoms with Crippen LogP contribution in [0.5, 0.6) is 0 Å². The number of hydrogen-bond acceptors (Lipinski definition) is 6. The highest BCUT2D eigenvalue weighted by atomic mass is 32.2. The minimum absolute atomic E-state index is 0.533. The van der Waals surface area contributed by atoms with Crippen LogP contribution in [-0.2, 0) is 16.6 Å². The van der Waals surface area contributed by atoms with Gasteiger partial charge in [-0.3, -0.25) is 9.88 Å². The quantitative estimate of drug-likeness (QED) is 0.821. The summed E-state index contributed by atoms with van der Waals surface area (Å²) in [5.41, 5.74) is 1.77. The first-order valence-electron chi connectivity index (χ1n) is 7.92. The first-order valence-corrected chi connectivity index (χ1v) is 9.77.